The highest BCUT2D eigenvalue weighted by Gasteiger charge is 2.18. The second kappa shape index (κ2) is 12.7. The molecule has 2 N–H and O–H groups in total. The Hall–Kier alpha value is -0.860. The van der Waals surface area contributed by atoms with Gasteiger partial charge in [0.25, 0.3) is 0 Å². The van der Waals surface area contributed by atoms with Crippen molar-refractivity contribution in [2.24, 2.45) is 4.99 Å². The van der Waals surface area contributed by atoms with Crippen molar-refractivity contribution in [2.75, 3.05) is 51.7 Å². The van der Waals surface area contributed by atoms with Gasteiger partial charge in [-0.15, -0.1) is 0 Å². The number of rotatable bonds is 12. The summed E-state index contributed by atoms with van der Waals surface area (Å²) in [5.41, 5.74) is 0. The maximum Gasteiger partial charge on any atom is 0.215 e. The van der Waals surface area contributed by atoms with Gasteiger partial charge in [0.15, 0.2) is 5.96 Å². The Balaban J connectivity index is 4.26. The number of nitrogens with one attached hydrogen (secondary N) is 2. The Kier molecular flexibility index (Phi) is 12.2. The van der Waals surface area contributed by atoms with Crippen LogP contribution in [0.2, 0.25) is 0 Å². The number of hydrogen-bond acceptors (Lipinski definition) is 4. The summed E-state index contributed by atoms with van der Waals surface area (Å²) in [7, 11) is -3.20. The van der Waals surface area contributed by atoms with Crippen LogP contribution in [0.5, 0.6) is 0 Å². The fourth-order valence-corrected chi connectivity index (χ4v) is 3.29. The molecule has 0 aromatic carbocycles. The minimum Gasteiger partial charge on any atom is -0.382 e. The predicted octanol–water partition coefficient (Wildman–Crippen LogP) is 0.640. The average molecular weight is 337 g/mol. The number of hydrogen-bond donors (Lipinski definition) is 2. The Bertz CT molecular complexity index is 395. The molecule has 0 rings (SSSR count). The van der Waals surface area contributed by atoms with E-state index >= 15 is 0 Å². The van der Waals surface area contributed by atoms with Gasteiger partial charge in [-0.3, -0.25) is 4.99 Å². The van der Waals surface area contributed by atoms with Crippen molar-refractivity contribution in [2.45, 2.75) is 34.1 Å². The van der Waals surface area contributed by atoms with Crippen molar-refractivity contribution in [3.05, 3.63) is 0 Å². The average Bonchev–Trinajstić information content (AvgIpc) is 2.47. The van der Waals surface area contributed by atoms with Gasteiger partial charge in [-0.25, -0.2) is 12.7 Å². The van der Waals surface area contributed by atoms with Gasteiger partial charge in [-0.1, -0.05) is 13.8 Å². The first kappa shape index (κ1) is 21.1. The van der Waals surface area contributed by atoms with Crippen molar-refractivity contribution in [3.8, 4) is 0 Å². The molecule has 0 fully saturated rings. The fourth-order valence-electron chi connectivity index (χ4n) is 1.89. The number of ether oxygens (including phenoxy) is 1. The highest BCUT2D eigenvalue weighted by molar-refractivity contribution is 7.89. The fraction of sp³-hybridized carbons (Fsp3) is 0.929. The first-order chi connectivity index (χ1) is 10.5. The summed E-state index contributed by atoms with van der Waals surface area (Å²) in [5.74, 6) is 0.714. The molecular weight excluding hydrogens is 304 g/mol. The lowest BCUT2D eigenvalue weighted by Crippen LogP contribution is -2.42. The third kappa shape index (κ3) is 9.22. The molecule has 132 valence electrons. The zero-order chi connectivity index (χ0) is 16.8. The van der Waals surface area contributed by atoms with E-state index in [2.05, 4.69) is 15.6 Å². The molecule has 0 amide bonds. The maximum atomic E-state index is 12.1. The largest absolute Gasteiger partial charge is 0.382 e. The lowest BCUT2D eigenvalue weighted by Gasteiger charge is -2.19. The standard InChI is InChI=1S/C14H32N4O3S/c1-5-15-14(16-10-9-12-21-8-4)17-11-13-22(19,20)18(6-2)7-3/h5-13H2,1-4H3,(H2,15,16,17). The van der Waals surface area contributed by atoms with Crippen LogP contribution in [-0.4, -0.2) is 70.4 Å². The second-order valence-corrected chi connectivity index (χ2v) is 6.73. The predicted molar refractivity (Wildman–Crippen MR) is 91.8 cm³/mol. The molecule has 0 radical (unpaired) electrons. The van der Waals surface area contributed by atoms with Crippen LogP contribution in [0.3, 0.4) is 0 Å². The van der Waals surface area contributed by atoms with Gasteiger partial charge < -0.3 is 15.4 Å². The van der Waals surface area contributed by atoms with E-state index < -0.39 is 10.0 Å². The van der Waals surface area contributed by atoms with Crippen LogP contribution in [0.25, 0.3) is 0 Å². The van der Waals surface area contributed by atoms with Crippen molar-refractivity contribution < 1.29 is 13.2 Å². The van der Waals surface area contributed by atoms with Gasteiger partial charge >= 0.3 is 0 Å². The molecule has 0 atom stereocenters. The third-order valence-corrected chi connectivity index (χ3v) is 5.04. The smallest absolute Gasteiger partial charge is 0.215 e. The molecule has 0 heterocycles. The Morgan fingerprint density at radius 1 is 1.14 bits per heavy atom. The molecule has 8 heteroatoms. The summed E-state index contributed by atoms with van der Waals surface area (Å²) in [5, 5.41) is 6.17. The SMILES string of the molecule is CCNC(=NCCCOCC)NCCS(=O)(=O)N(CC)CC. The van der Waals surface area contributed by atoms with Gasteiger partial charge in [0.2, 0.25) is 10.0 Å². The van der Waals surface area contributed by atoms with E-state index in [-0.39, 0.29) is 5.75 Å². The quantitative estimate of drug-likeness (QED) is 0.310. The lowest BCUT2D eigenvalue weighted by molar-refractivity contribution is 0.146. The minimum atomic E-state index is -3.20. The highest BCUT2D eigenvalue weighted by atomic mass is 32.2. The summed E-state index contributed by atoms with van der Waals surface area (Å²) >= 11 is 0. The third-order valence-electron chi connectivity index (χ3n) is 3.02. The van der Waals surface area contributed by atoms with Crippen LogP contribution >= 0.6 is 0 Å². The van der Waals surface area contributed by atoms with E-state index in [1.807, 2.05) is 27.7 Å². The zero-order valence-corrected chi connectivity index (χ0v) is 15.2. The van der Waals surface area contributed by atoms with Crippen molar-refractivity contribution in [1.82, 2.24) is 14.9 Å². The van der Waals surface area contributed by atoms with Gasteiger partial charge in [-0.2, -0.15) is 0 Å². The summed E-state index contributed by atoms with van der Waals surface area (Å²) in [6.45, 7) is 11.8. The number of nitrogens with zero attached hydrogens (tertiary/aromatic N) is 2. The molecule has 0 aromatic rings. The van der Waals surface area contributed by atoms with E-state index in [1.54, 1.807) is 0 Å². The Morgan fingerprint density at radius 3 is 2.36 bits per heavy atom. The van der Waals surface area contributed by atoms with E-state index in [1.165, 1.54) is 4.31 Å². The first-order valence-corrected chi connectivity index (χ1v) is 9.70. The molecule has 0 saturated heterocycles. The topological polar surface area (TPSA) is 83.0 Å². The van der Waals surface area contributed by atoms with E-state index in [9.17, 15) is 8.42 Å². The van der Waals surface area contributed by atoms with Gasteiger partial charge in [0, 0.05) is 45.9 Å². The summed E-state index contributed by atoms with van der Waals surface area (Å²) in [6.07, 6.45) is 0.849. The first-order valence-electron chi connectivity index (χ1n) is 8.09. The van der Waals surface area contributed by atoms with Crippen LogP contribution in [0.15, 0.2) is 4.99 Å². The van der Waals surface area contributed by atoms with Crippen molar-refractivity contribution in [1.29, 1.82) is 0 Å². The van der Waals surface area contributed by atoms with Gasteiger partial charge in [0.05, 0.1) is 5.75 Å². The van der Waals surface area contributed by atoms with E-state index in [4.69, 9.17) is 4.74 Å². The molecular formula is C14H32N4O3S. The summed E-state index contributed by atoms with van der Waals surface area (Å²) < 4.78 is 30.9. The normalized spacial score (nSPS) is 12.7. The van der Waals surface area contributed by atoms with Crippen molar-refractivity contribution >= 4 is 16.0 Å². The molecule has 0 spiro atoms. The van der Waals surface area contributed by atoms with E-state index in [0.717, 1.165) is 13.0 Å². The molecule has 7 nitrogen and oxygen atoms in total. The minimum absolute atomic E-state index is 0.0675. The summed E-state index contributed by atoms with van der Waals surface area (Å²) in [6, 6.07) is 0. The van der Waals surface area contributed by atoms with Gasteiger partial charge in [0.1, 0.15) is 0 Å². The summed E-state index contributed by atoms with van der Waals surface area (Å²) in [4.78, 5) is 4.40. The van der Waals surface area contributed by atoms with Crippen molar-refractivity contribution in [3.63, 3.8) is 0 Å². The number of guanidine groups is 1. The lowest BCUT2D eigenvalue weighted by atomic mass is 10.4. The molecule has 0 aliphatic carbocycles. The highest BCUT2D eigenvalue weighted by Crippen LogP contribution is 1.99. The van der Waals surface area contributed by atoms with Crippen LogP contribution in [0.4, 0.5) is 0 Å². The molecule has 0 unspecified atom stereocenters. The van der Waals surface area contributed by atoms with Crippen LogP contribution < -0.4 is 10.6 Å². The zero-order valence-electron chi connectivity index (χ0n) is 14.4. The molecule has 0 saturated carbocycles. The Morgan fingerprint density at radius 2 is 1.82 bits per heavy atom. The van der Waals surface area contributed by atoms with Crippen LogP contribution in [0.1, 0.15) is 34.1 Å². The number of aliphatic imine (C=N–C) groups is 1. The second-order valence-electron chi connectivity index (χ2n) is 4.64. The molecule has 22 heavy (non-hydrogen) atoms. The van der Waals surface area contributed by atoms with Crippen LogP contribution in [-0.2, 0) is 14.8 Å². The van der Waals surface area contributed by atoms with E-state index in [0.29, 0.717) is 45.4 Å². The monoisotopic (exact) mass is 336 g/mol. The maximum absolute atomic E-state index is 12.1. The van der Waals surface area contributed by atoms with Gasteiger partial charge in [-0.05, 0) is 20.3 Å². The molecule has 0 aromatic heterocycles. The molecule has 0 aliphatic rings. The Labute approximate surface area is 135 Å². The molecule has 0 bridgehead atoms. The molecule has 0 aliphatic heterocycles. The number of sulfonamides is 1. The van der Waals surface area contributed by atoms with Crippen LogP contribution in [0, 0.1) is 0 Å².